The Morgan fingerprint density at radius 1 is 0.929 bits per heavy atom. The summed E-state index contributed by atoms with van der Waals surface area (Å²) in [6, 6.07) is 19.9. The average Bonchev–Trinajstić information content (AvgIpc) is 3.68. The van der Waals surface area contributed by atoms with E-state index in [0.717, 1.165) is 55.8 Å². The van der Waals surface area contributed by atoms with E-state index in [1.54, 1.807) is 14.0 Å². The van der Waals surface area contributed by atoms with Crippen LogP contribution in [-0.2, 0) is 39.0 Å². The quantitative estimate of drug-likeness (QED) is 0.0463. The number of piperidine rings is 1. The van der Waals surface area contributed by atoms with Gasteiger partial charge in [-0.25, -0.2) is 0 Å². The third-order valence-electron chi connectivity index (χ3n) is 10.4. The molecule has 6 unspecified atom stereocenters. The fourth-order valence-electron chi connectivity index (χ4n) is 7.01. The van der Waals surface area contributed by atoms with E-state index < -0.39 is 17.9 Å². The first kappa shape index (κ1) is 50.9. The highest BCUT2D eigenvalue weighted by Gasteiger charge is 2.39. The normalized spacial score (nSPS) is 22.0. The predicted octanol–water partition coefficient (Wildman–Crippen LogP) is 6.28. The molecule has 2 aromatic carbocycles. The van der Waals surface area contributed by atoms with Crippen LogP contribution in [-0.4, -0.2) is 119 Å². The first-order valence-corrected chi connectivity index (χ1v) is 21.6. The van der Waals surface area contributed by atoms with Gasteiger partial charge in [-0.1, -0.05) is 94.3 Å². The van der Waals surface area contributed by atoms with Gasteiger partial charge in [-0.05, 0) is 57.8 Å². The number of nitrogens with one attached hydrogen (secondary N) is 3. The zero-order valence-electron chi connectivity index (χ0n) is 35.5. The number of carbonyl (C=O) groups excluding carboxylic acids is 4. The summed E-state index contributed by atoms with van der Waals surface area (Å²) in [5, 5.41) is 8.65. The fourth-order valence-corrected chi connectivity index (χ4v) is 8.38. The van der Waals surface area contributed by atoms with Crippen molar-refractivity contribution in [2.45, 2.75) is 122 Å². The number of aldehydes is 2. The lowest BCUT2D eigenvalue weighted by molar-refractivity contribution is -0.939. The van der Waals surface area contributed by atoms with Gasteiger partial charge in [-0.15, -0.1) is 0 Å². The van der Waals surface area contributed by atoms with Gasteiger partial charge >= 0.3 is 5.97 Å². The number of benzene rings is 2. The van der Waals surface area contributed by atoms with Gasteiger partial charge in [0.2, 0.25) is 12.7 Å². The summed E-state index contributed by atoms with van der Waals surface area (Å²) in [7, 11) is 7.90. The third kappa shape index (κ3) is 18.0. The van der Waals surface area contributed by atoms with E-state index in [4.69, 9.17) is 14.2 Å². The Morgan fingerprint density at radius 2 is 1.54 bits per heavy atom. The number of esters is 1. The molecule has 3 N–H and O–H groups in total. The van der Waals surface area contributed by atoms with E-state index >= 15 is 0 Å². The lowest BCUT2D eigenvalue weighted by Gasteiger charge is -2.46. The van der Waals surface area contributed by atoms with Gasteiger partial charge in [0, 0.05) is 43.9 Å². The maximum absolute atomic E-state index is 12.1. The zero-order chi connectivity index (χ0) is 41.7. The topological polar surface area (TPSA) is 132 Å². The molecule has 2 aliphatic rings. The Hall–Kier alpha value is -3.13. The van der Waals surface area contributed by atoms with Gasteiger partial charge in [0.1, 0.15) is 6.29 Å². The number of amides is 1. The van der Waals surface area contributed by atoms with Gasteiger partial charge in [0.25, 0.3) is 0 Å². The number of nitrogens with zero attached hydrogens (tertiary/aromatic N) is 1. The molecule has 12 heteroatoms. The van der Waals surface area contributed by atoms with Crippen LogP contribution in [0.25, 0.3) is 0 Å². The number of likely N-dealkylation sites (tertiary alicyclic amines) is 1. The highest BCUT2D eigenvalue weighted by atomic mass is 32.2. The maximum Gasteiger partial charge on any atom is 0.322 e. The molecule has 2 aromatic rings. The summed E-state index contributed by atoms with van der Waals surface area (Å²) in [5.41, 5.74) is -0.00702. The maximum atomic E-state index is 12.1. The number of quaternary nitrogens is 1. The fraction of sp³-hybridized carbons (Fsp3) is 0.636. The smallest absolute Gasteiger partial charge is 0.322 e. The number of ether oxygens (including phenoxy) is 3. The molecule has 316 valence electrons. The molecule has 4 rings (SSSR count). The SMILES string of the molecule is CCCCC=O.CCCCC[N+]1(C)CCC(OC)CC1CC.CNC1CSCC1NC=O.CNCC(=O)OC(C)OC(C=O)(c1ccccc1)c1ccccc1. The third-order valence-corrected chi connectivity index (χ3v) is 11.6. The largest absolute Gasteiger partial charge is 0.435 e. The first-order chi connectivity index (χ1) is 27.1. The summed E-state index contributed by atoms with van der Waals surface area (Å²) in [4.78, 5) is 43.4. The summed E-state index contributed by atoms with van der Waals surface area (Å²) >= 11 is 1.87. The van der Waals surface area contributed by atoms with E-state index in [2.05, 4.69) is 43.8 Å². The van der Waals surface area contributed by atoms with Crippen molar-refractivity contribution in [1.82, 2.24) is 16.0 Å². The minimum atomic E-state index is -1.35. The monoisotopic (exact) mass is 802 g/mol. The van der Waals surface area contributed by atoms with Crippen molar-refractivity contribution < 1.29 is 37.9 Å². The van der Waals surface area contributed by atoms with Crippen molar-refractivity contribution in [3.05, 3.63) is 71.8 Å². The van der Waals surface area contributed by atoms with Crippen molar-refractivity contribution >= 4 is 36.7 Å². The second kappa shape index (κ2) is 30.0. The molecule has 0 radical (unpaired) electrons. The number of unbranched alkanes of at least 4 members (excludes halogenated alkanes) is 4. The molecule has 0 bridgehead atoms. The van der Waals surface area contributed by atoms with Crippen LogP contribution in [0.15, 0.2) is 60.7 Å². The molecule has 6 atom stereocenters. The number of methoxy groups -OCH3 is 1. The summed E-state index contributed by atoms with van der Waals surface area (Å²) in [6.45, 7) is 11.0. The molecule has 2 fully saturated rings. The van der Waals surface area contributed by atoms with Gasteiger partial charge in [0.05, 0.1) is 44.9 Å². The van der Waals surface area contributed by atoms with Crippen LogP contribution < -0.4 is 16.0 Å². The highest BCUT2D eigenvalue weighted by molar-refractivity contribution is 7.99. The predicted molar refractivity (Wildman–Crippen MR) is 229 cm³/mol. The minimum Gasteiger partial charge on any atom is -0.435 e. The number of likely N-dealkylation sites (N-methyl/N-ethyl adjacent to an activating group) is 2. The van der Waals surface area contributed by atoms with E-state index in [0.29, 0.717) is 29.3 Å². The van der Waals surface area contributed by atoms with E-state index in [9.17, 15) is 19.2 Å². The summed E-state index contributed by atoms with van der Waals surface area (Å²) < 4.78 is 18.0. The number of hydrogen-bond acceptors (Lipinski definition) is 10. The second-order valence-corrected chi connectivity index (χ2v) is 15.6. The molecule has 0 aromatic heterocycles. The van der Waals surface area contributed by atoms with Gasteiger partial charge in [0.15, 0.2) is 11.9 Å². The van der Waals surface area contributed by atoms with Crippen molar-refractivity contribution in [2.24, 2.45) is 0 Å². The van der Waals surface area contributed by atoms with Crippen molar-refractivity contribution in [3.8, 4) is 0 Å². The molecule has 11 nitrogen and oxygen atoms in total. The lowest BCUT2D eigenvalue weighted by Crippen LogP contribution is -2.58. The van der Waals surface area contributed by atoms with Crippen LogP contribution in [0, 0.1) is 0 Å². The van der Waals surface area contributed by atoms with Crippen molar-refractivity contribution in [2.75, 3.05) is 59.4 Å². The molecule has 56 heavy (non-hydrogen) atoms. The average molecular weight is 802 g/mol. The molecule has 2 saturated heterocycles. The molecule has 1 amide bonds. The van der Waals surface area contributed by atoms with Crippen LogP contribution in [0.1, 0.15) is 96.6 Å². The summed E-state index contributed by atoms with van der Waals surface area (Å²) in [6.07, 6.45) is 12.9. The van der Waals surface area contributed by atoms with E-state index in [1.807, 2.05) is 86.6 Å². The Balaban J connectivity index is 0.000000420. The van der Waals surface area contributed by atoms with Crippen molar-refractivity contribution in [3.63, 3.8) is 0 Å². The highest BCUT2D eigenvalue weighted by Crippen LogP contribution is 2.33. The Bertz CT molecular complexity index is 1280. The van der Waals surface area contributed by atoms with Gasteiger partial charge in [-0.2, -0.15) is 11.8 Å². The van der Waals surface area contributed by atoms with Crippen LogP contribution in [0.5, 0.6) is 0 Å². The lowest BCUT2D eigenvalue weighted by atomic mass is 9.87. The summed E-state index contributed by atoms with van der Waals surface area (Å²) in [5.74, 6) is 1.68. The first-order valence-electron chi connectivity index (χ1n) is 20.4. The Labute approximate surface area is 342 Å². The number of carbonyl (C=O) groups is 4. The minimum absolute atomic E-state index is 0.0679. The van der Waals surface area contributed by atoms with Crippen LogP contribution in [0.4, 0.5) is 0 Å². The van der Waals surface area contributed by atoms with Crippen LogP contribution >= 0.6 is 11.8 Å². The number of rotatable bonds is 20. The van der Waals surface area contributed by atoms with Crippen LogP contribution in [0.3, 0.4) is 0 Å². The number of thioether (sulfide) groups is 1. The van der Waals surface area contributed by atoms with E-state index in [-0.39, 0.29) is 6.54 Å². The van der Waals surface area contributed by atoms with E-state index in [1.165, 1.54) is 56.1 Å². The molecular formula is C44H73N4O7S+. The van der Waals surface area contributed by atoms with Gasteiger partial charge in [-0.3, -0.25) is 14.4 Å². The zero-order valence-corrected chi connectivity index (χ0v) is 36.3. The van der Waals surface area contributed by atoms with Gasteiger partial charge < -0.3 is 39.4 Å². The molecule has 0 aliphatic carbocycles. The molecule has 2 aliphatic heterocycles. The van der Waals surface area contributed by atoms with Crippen LogP contribution in [0.2, 0.25) is 0 Å². The Kier molecular flexibility index (Phi) is 27.3. The second-order valence-electron chi connectivity index (χ2n) is 14.5. The number of hydrogen-bond donors (Lipinski definition) is 3. The Morgan fingerprint density at radius 3 is 2.00 bits per heavy atom. The molecule has 0 spiro atoms. The standard InChI is InChI=1S/C19H21NO4.C14H30NO.C6H12N2OS.C5H10O/c1-15(23-18(22)13-20-2)24-19(14-21,16-9-5-3-6-10-16)17-11-7-4-8-12-17;1-5-7-8-10-15(3)11-9-14(16-4)12-13(15)6-2;1-7-5-2-10-3-6(5)8-4-9;1-2-3-4-5-6/h3-12,14-15,20H,13H2,1-2H3;13-14H,5-12H2,1-4H3;4-7H,2-3H2,1H3,(H,8,9);5H,2-4H2,1H3/q;+1;;. The molecule has 2 heterocycles. The molecular weight excluding hydrogens is 729 g/mol. The van der Waals surface area contributed by atoms with Crippen molar-refractivity contribution in [1.29, 1.82) is 0 Å². The molecule has 0 saturated carbocycles.